The third-order valence-electron chi connectivity index (χ3n) is 3.11. The lowest BCUT2D eigenvalue weighted by atomic mass is 10.2. The summed E-state index contributed by atoms with van der Waals surface area (Å²) in [5.41, 5.74) is 0. The van der Waals surface area contributed by atoms with Crippen molar-refractivity contribution in [1.82, 2.24) is 20.0 Å². The van der Waals surface area contributed by atoms with Crippen LogP contribution < -0.4 is 5.32 Å². The maximum absolute atomic E-state index is 11.8. The number of nitrogens with zero attached hydrogens (tertiary/aromatic N) is 3. The first-order valence-electron chi connectivity index (χ1n) is 6.61. The van der Waals surface area contributed by atoms with Gasteiger partial charge >= 0.3 is 0 Å². The molecule has 6 heteroatoms. The van der Waals surface area contributed by atoms with Crippen LogP contribution >= 0.6 is 0 Å². The quantitative estimate of drug-likeness (QED) is 0.827. The first-order chi connectivity index (χ1) is 9.66. The molecule has 6 nitrogen and oxygen atoms in total. The molecule has 0 fully saturated rings. The fourth-order valence-electron chi connectivity index (χ4n) is 1.97. The molecule has 0 saturated heterocycles. The number of hydrogen-bond donors (Lipinski definition) is 1. The Morgan fingerprint density at radius 1 is 1.50 bits per heavy atom. The molecule has 0 aliphatic rings. The van der Waals surface area contributed by atoms with E-state index in [9.17, 15) is 4.79 Å². The van der Waals surface area contributed by atoms with Gasteiger partial charge in [-0.25, -0.2) is 0 Å². The largest absolute Gasteiger partial charge is 0.468 e. The molecule has 0 spiro atoms. The third-order valence-corrected chi connectivity index (χ3v) is 3.11. The van der Waals surface area contributed by atoms with Crippen LogP contribution in [0, 0.1) is 0 Å². The highest BCUT2D eigenvalue weighted by Crippen LogP contribution is 2.17. The highest BCUT2D eigenvalue weighted by Gasteiger charge is 2.17. The summed E-state index contributed by atoms with van der Waals surface area (Å²) in [7, 11) is 3.92. The highest BCUT2D eigenvalue weighted by molar-refractivity contribution is 5.75. The molecule has 0 aromatic carbocycles. The molecule has 2 aromatic heterocycles. The van der Waals surface area contributed by atoms with Gasteiger partial charge in [0.05, 0.1) is 12.3 Å². The zero-order valence-electron chi connectivity index (χ0n) is 11.8. The van der Waals surface area contributed by atoms with Gasteiger partial charge in [-0.2, -0.15) is 5.10 Å². The van der Waals surface area contributed by atoms with Crippen molar-refractivity contribution in [2.45, 2.75) is 19.0 Å². The lowest BCUT2D eigenvalue weighted by Gasteiger charge is -2.22. The van der Waals surface area contributed by atoms with E-state index in [2.05, 4.69) is 10.4 Å². The van der Waals surface area contributed by atoms with Gasteiger partial charge in [0.2, 0.25) is 5.91 Å². The Balaban J connectivity index is 1.79. The lowest BCUT2D eigenvalue weighted by molar-refractivity contribution is -0.121. The van der Waals surface area contributed by atoms with E-state index in [0.717, 1.165) is 5.76 Å². The van der Waals surface area contributed by atoms with Crippen LogP contribution in [0.3, 0.4) is 0 Å². The SMILES string of the molecule is CN(C)C(CNC(=O)CCn1cccn1)c1ccco1. The van der Waals surface area contributed by atoms with E-state index >= 15 is 0 Å². The van der Waals surface area contributed by atoms with Gasteiger partial charge in [0.1, 0.15) is 5.76 Å². The minimum absolute atomic E-state index is 0.0129. The Bertz CT molecular complexity index is 505. The number of carbonyl (C=O) groups excluding carboxylic acids is 1. The summed E-state index contributed by atoms with van der Waals surface area (Å²) in [4.78, 5) is 13.9. The van der Waals surface area contributed by atoms with Gasteiger partial charge in [-0.15, -0.1) is 0 Å². The monoisotopic (exact) mass is 276 g/mol. The molecule has 0 aliphatic carbocycles. The number of nitrogens with one attached hydrogen (secondary N) is 1. The second-order valence-electron chi connectivity index (χ2n) is 4.82. The number of hydrogen-bond acceptors (Lipinski definition) is 4. The molecule has 0 saturated carbocycles. The number of furan rings is 1. The molecule has 2 rings (SSSR count). The number of aryl methyl sites for hydroxylation is 1. The Hall–Kier alpha value is -2.08. The van der Waals surface area contributed by atoms with E-state index in [1.807, 2.05) is 43.4 Å². The minimum Gasteiger partial charge on any atom is -0.468 e. The molecule has 108 valence electrons. The fourth-order valence-corrected chi connectivity index (χ4v) is 1.97. The van der Waals surface area contributed by atoms with Crippen LogP contribution in [0.1, 0.15) is 18.2 Å². The second-order valence-corrected chi connectivity index (χ2v) is 4.82. The molecule has 1 unspecified atom stereocenters. The van der Waals surface area contributed by atoms with Gasteiger partial charge in [0.25, 0.3) is 0 Å². The van der Waals surface area contributed by atoms with E-state index < -0.39 is 0 Å². The summed E-state index contributed by atoms with van der Waals surface area (Å²) < 4.78 is 7.15. The lowest BCUT2D eigenvalue weighted by Crippen LogP contribution is -2.34. The molecular weight excluding hydrogens is 256 g/mol. The van der Waals surface area contributed by atoms with Crippen molar-refractivity contribution in [3.8, 4) is 0 Å². The molecular formula is C14H20N4O2. The normalized spacial score (nSPS) is 12.6. The smallest absolute Gasteiger partial charge is 0.221 e. The van der Waals surface area contributed by atoms with Gasteiger partial charge in [0, 0.05) is 31.9 Å². The van der Waals surface area contributed by atoms with Crippen LogP contribution in [-0.4, -0.2) is 41.2 Å². The average Bonchev–Trinajstić information content (AvgIpc) is 3.09. The van der Waals surface area contributed by atoms with Crippen molar-refractivity contribution >= 4 is 5.91 Å². The van der Waals surface area contributed by atoms with E-state index in [1.54, 1.807) is 17.1 Å². The Morgan fingerprint density at radius 2 is 2.35 bits per heavy atom. The van der Waals surface area contributed by atoms with Gasteiger partial charge in [-0.3, -0.25) is 14.4 Å². The summed E-state index contributed by atoms with van der Waals surface area (Å²) in [6, 6.07) is 5.65. The zero-order valence-corrected chi connectivity index (χ0v) is 11.8. The molecule has 0 bridgehead atoms. The van der Waals surface area contributed by atoms with Gasteiger partial charge in [-0.05, 0) is 32.3 Å². The van der Waals surface area contributed by atoms with Gasteiger partial charge in [0.15, 0.2) is 0 Å². The first-order valence-corrected chi connectivity index (χ1v) is 6.61. The molecule has 1 N–H and O–H groups in total. The van der Waals surface area contributed by atoms with Gasteiger partial charge in [-0.1, -0.05) is 0 Å². The minimum atomic E-state index is 0.0129. The molecule has 0 radical (unpaired) electrons. The maximum Gasteiger partial charge on any atom is 0.221 e. The van der Waals surface area contributed by atoms with Crippen LogP contribution in [-0.2, 0) is 11.3 Å². The van der Waals surface area contributed by atoms with Crippen molar-refractivity contribution in [2.75, 3.05) is 20.6 Å². The van der Waals surface area contributed by atoms with Crippen molar-refractivity contribution in [3.63, 3.8) is 0 Å². The number of amides is 1. The van der Waals surface area contributed by atoms with E-state index in [4.69, 9.17) is 4.42 Å². The van der Waals surface area contributed by atoms with Crippen LogP contribution in [0.2, 0.25) is 0 Å². The Morgan fingerprint density at radius 3 is 2.95 bits per heavy atom. The number of likely N-dealkylation sites (N-methyl/N-ethyl adjacent to an activating group) is 1. The molecule has 2 heterocycles. The van der Waals surface area contributed by atoms with E-state index in [1.165, 1.54) is 0 Å². The van der Waals surface area contributed by atoms with Crippen molar-refractivity contribution in [2.24, 2.45) is 0 Å². The van der Waals surface area contributed by atoms with Crippen LogP contribution in [0.5, 0.6) is 0 Å². The van der Waals surface area contributed by atoms with Crippen LogP contribution in [0.15, 0.2) is 41.3 Å². The number of carbonyl (C=O) groups is 1. The van der Waals surface area contributed by atoms with Crippen molar-refractivity contribution in [3.05, 3.63) is 42.6 Å². The molecule has 1 amide bonds. The second kappa shape index (κ2) is 6.91. The highest BCUT2D eigenvalue weighted by atomic mass is 16.3. The maximum atomic E-state index is 11.8. The predicted molar refractivity (Wildman–Crippen MR) is 75.0 cm³/mol. The molecule has 2 aromatic rings. The van der Waals surface area contributed by atoms with Crippen molar-refractivity contribution < 1.29 is 9.21 Å². The summed E-state index contributed by atoms with van der Waals surface area (Å²) in [6.45, 7) is 1.12. The summed E-state index contributed by atoms with van der Waals surface area (Å²) in [5.74, 6) is 0.862. The topological polar surface area (TPSA) is 63.3 Å². The first kappa shape index (κ1) is 14.3. The van der Waals surface area contributed by atoms with E-state index in [0.29, 0.717) is 19.5 Å². The summed E-state index contributed by atoms with van der Waals surface area (Å²) in [6.07, 6.45) is 5.61. The number of rotatable bonds is 7. The Kier molecular flexibility index (Phi) is 4.95. The zero-order chi connectivity index (χ0) is 14.4. The molecule has 1 atom stereocenters. The summed E-state index contributed by atoms with van der Waals surface area (Å²) in [5, 5.41) is 7.00. The third kappa shape index (κ3) is 3.96. The number of aromatic nitrogens is 2. The van der Waals surface area contributed by atoms with Gasteiger partial charge < -0.3 is 9.73 Å². The Labute approximate surface area is 118 Å². The van der Waals surface area contributed by atoms with Crippen molar-refractivity contribution in [1.29, 1.82) is 0 Å². The molecule has 0 aliphatic heterocycles. The summed E-state index contributed by atoms with van der Waals surface area (Å²) >= 11 is 0. The standard InChI is InChI=1S/C14H20N4O2/c1-17(2)12(13-5-3-10-20-13)11-15-14(19)6-9-18-8-4-7-16-18/h3-5,7-8,10,12H,6,9,11H2,1-2H3,(H,15,19). The predicted octanol–water partition coefficient (Wildman–Crippen LogP) is 1.29. The van der Waals surface area contributed by atoms with Crippen LogP contribution in [0.4, 0.5) is 0 Å². The average molecular weight is 276 g/mol. The fraction of sp³-hybridized carbons (Fsp3) is 0.429. The molecule has 20 heavy (non-hydrogen) atoms. The van der Waals surface area contributed by atoms with Crippen LogP contribution in [0.25, 0.3) is 0 Å². The van der Waals surface area contributed by atoms with E-state index in [-0.39, 0.29) is 11.9 Å².